The van der Waals surface area contributed by atoms with E-state index in [-0.39, 0.29) is 16.4 Å². The summed E-state index contributed by atoms with van der Waals surface area (Å²) in [5, 5.41) is 6.31. The summed E-state index contributed by atoms with van der Waals surface area (Å²) in [4.78, 5) is 11.4. The summed E-state index contributed by atoms with van der Waals surface area (Å²) in [6.07, 6.45) is 0. The van der Waals surface area contributed by atoms with Crippen molar-refractivity contribution in [2.24, 2.45) is 0 Å². The lowest BCUT2D eigenvalue weighted by Crippen LogP contribution is -2.43. The third kappa shape index (κ3) is 5.41. The van der Waals surface area contributed by atoms with Gasteiger partial charge in [-0.15, -0.1) is 5.10 Å². The molecule has 2 aromatic carbocycles. The molecule has 3 aromatic rings. The van der Waals surface area contributed by atoms with Crippen LogP contribution in [0, 0.1) is 19.7 Å². The topological polar surface area (TPSA) is 117 Å². The van der Waals surface area contributed by atoms with Gasteiger partial charge in [-0.25, -0.2) is 14.3 Å². The van der Waals surface area contributed by atoms with Crippen molar-refractivity contribution in [3.05, 3.63) is 85.9 Å². The van der Waals surface area contributed by atoms with E-state index in [1.165, 1.54) is 6.07 Å². The van der Waals surface area contributed by atoms with Crippen LogP contribution < -0.4 is 15.2 Å². The van der Waals surface area contributed by atoms with Crippen LogP contribution >= 0.6 is 23.8 Å². The number of H-pyrrole nitrogens is 1. The van der Waals surface area contributed by atoms with Crippen LogP contribution in [0.25, 0.3) is 0 Å². The maximum Gasteiger partial charge on any atom is 0.434 e. The fraction of sp³-hybridized carbons (Fsp3) is 0.250. The maximum atomic E-state index is 14.7. The molecular weight excluding hydrogens is 479 g/mol. The number of nitrogens with one attached hydrogen (secondary N) is 3. The Balaban J connectivity index is 1.95. The van der Waals surface area contributed by atoms with Gasteiger partial charge in [-0.3, -0.25) is 4.72 Å². The third-order valence-corrected chi connectivity index (χ3v) is 6.78. The van der Waals surface area contributed by atoms with Crippen LogP contribution in [0.5, 0.6) is 0 Å². The van der Waals surface area contributed by atoms with E-state index in [9.17, 15) is 17.6 Å². The quantitative estimate of drug-likeness (QED) is 0.430. The molecule has 0 aliphatic heterocycles. The normalized spacial score (nSPS) is 13.5. The fourth-order valence-corrected chi connectivity index (χ4v) is 4.90. The molecule has 0 amide bonds. The monoisotopic (exact) mass is 498 g/mol. The fourth-order valence-electron chi connectivity index (χ4n) is 3.25. The van der Waals surface area contributed by atoms with Crippen LogP contribution in [-0.4, -0.2) is 23.6 Å². The highest BCUT2D eigenvalue weighted by Crippen LogP contribution is 2.34. The molecule has 3 N–H and O–H groups in total. The first-order valence-electron chi connectivity index (χ1n) is 9.39. The molecule has 12 heteroatoms. The number of nitrogens with zero attached hydrogens (tertiary/aromatic N) is 1. The van der Waals surface area contributed by atoms with E-state index >= 15 is 0 Å². The van der Waals surface area contributed by atoms with Crippen molar-refractivity contribution in [2.45, 2.75) is 32.7 Å². The van der Waals surface area contributed by atoms with E-state index in [1.54, 1.807) is 44.2 Å². The predicted octanol–water partition coefficient (Wildman–Crippen LogP) is 3.42. The lowest BCUT2D eigenvalue weighted by Gasteiger charge is -2.25. The van der Waals surface area contributed by atoms with Crippen LogP contribution in [0.4, 0.5) is 4.39 Å². The van der Waals surface area contributed by atoms with Crippen molar-refractivity contribution in [1.29, 1.82) is 0 Å². The van der Waals surface area contributed by atoms with E-state index < -0.39 is 33.7 Å². The first-order chi connectivity index (χ1) is 15.0. The molecule has 0 radical (unpaired) electrons. The molecule has 0 saturated carbocycles. The SMILES string of the molecule is Cc1ccc(F)c(C(C)C(NS(=O)(=O)NC(=S)c2ccc(Cl)cc2)c2n[nH]c(=O)o2)c1C. The van der Waals surface area contributed by atoms with Gasteiger partial charge in [0.25, 0.3) is 0 Å². The number of rotatable bonds is 7. The summed E-state index contributed by atoms with van der Waals surface area (Å²) < 4.78 is 50.0. The highest BCUT2D eigenvalue weighted by Gasteiger charge is 2.33. The number of aromatic nitrogens is 2. The van der Waals surface area contributed by atoms with E-state index in [0.717, 1.165) is 5.56 Å². The summed E-state index contributed by atoms with van der Waals surface area (Å²) in [6, 6.07) is 7.97. The average molecular weight is 499 g/mol. The molecule has 3 rings (SSSR count). The molecule has 1 aromatic heterocycles. The molecule has 0 aliphatic rings. The van der Waals surface area contributed by atoms with Crippen LogP contribution in [0.2, 0.25) is 5.02 Å². The van der Waals surface area contributed by atoms with Gasteiger partial charge in [-0.2, -0.15) is 13.1 Å². The lowest BCUT2D eigenvalue weighted by atomic mass is 9.88. The van der Waals surface area contributed by atoms with Gasteiger partial charge >= 0.3 is 16.0 Å². The third-order valence-electron chi connectivity index (χ3n) is 5.02. The first-order valence-corrected chi connectivity index (χ1v) is 11.7. The standard InChI is InChI=1S/C20H20ClFN4O4S2/c1-10-4-9-15(22)16(11(10)2)12(3)17(18-23-24-20(27)30-18)25-32(28,29)26-19(31)13-5-7-14(21)8-6-13/h4-9,12,17,25H,1-3H3,(H,24,27)(H,26,31). The van der Waals surface area contributed by atoms with Gasteiger partial charge in [0.1, 0.15) is 16.8 Å². The molecule has 0 aliphatic carbocycles. The van der Waals surface area contributed by atoms with Gasteiger partial charge in [0.05, 0.1) is 0 Å². The number of benzene rings is 2. The minimum Gasteiger partial charge on any atom is -0.391 e. The Morgan fingerprint density at radius 3 is 2.47 bits per heavy atom. The van der Waals surface area contributed by atoms with Crippen molar-refractivity contribution < 1.29 is 17.2 Å². The minimum absolute atomic E-state index is 0.0815. The molecule has 2 atom stereocenters. The Kier molecular flexibility index (Phi) is 7.13. The molecule has 1 heterocycles. The molecule has 2 unspecified atom stereocenters. The summed E-state index contributed by atoms with van der Waals surface area (Å²) in [6.45, 7) is 5.14. The second-order valence-corrected chi connectivity index (χ2v) is 9.47. The Morgan fingerprint density at radius 1 is 1.22 bits per heavy atom. The summed E-state index contributed by atoms with van der Waals surface area (Å²) in [5.74, 6) is -2.43. The van der Waals surface area contributed by atoms with E-state index in [4.69, 9.17) is 28.2 Å². The lowest BCUT2D eigenvalue weighted by molar-refractivity contribution is 0.376. The van der Waals surface area contributed by atoms with Crippen molar-refractivity contribution in [3.8, 4) is 0 Å². The number of hydrogen-bond donors (Lipinski definition) is 3. The zero-order valence-electron chi connectivity index (χ0n) is 17.3. The Labute approximate surface area is 194 Å². The molecule has 0 saturated heterocycles. The van der Waals surface area contributed by atoms with Gasteiger partial charge in [0.2, 0.25) is 5.89 Å². The van der Waals surface area contributed by atoms with Crippen LogP contribution in [-0.2, 0) is 10.2 Å². The van der Waals surface area contributed by atoms with Crippen molar-refractivity contribution in [3.63, 3.8) is 0 Å². The zero-order valence-corrected chi connectivity index (χ0v) is 19.7. The van der Waals surface area contributed by atoms with Crippen molar-refractivity contribution in [1.82, 2.24) is 19.6 Å². The molecule has 32 heavy (non-hydrogen) atoms. The number of aryl methyl sites for hydroxylation is 1. The second-order valence-electron chi connectivity index (χ2n) is 7.18. The first kappa shape index (κ1) is 24.1. The summed E-state index contributed by atoms with van der Waals surface area (Å²) in [5.41, 5.74) is 2.15. The summed E-state index contributed by atoms with van der Waals surface area (Å²) >= 11 is 11.0. The molecule has 0 fully saturated rings. The molecule has 170 valence electrons. The molecule has 0 spiro atoms. The van der Waals surface area contributed by atoms with E-state index in [2.05, 4.69) is 19.6 Å². The Hall–Kier alpha value is -2.60. The zero-order chi connectivity index (χ0) is 23.6. The van der Waals surface area contributed by atoms with E-state index in [1.807, 2.05) is 6.92 Å². The molecule has 8 nitrogen and oxygen atoms in total. The van der Waals surface area contributed by atoms with Crippen LogP contribution in [0.1, 0.15) is 47.0 Å². The smallest absolute Gasteiger partial charge is 0.391 e. The highest BCUT2D eigenvalue weighted by molar-refractivity contribution is 7.90. The maximum absolute atomic E-state index is 14.7. The number of aromatic amines is 1. The van der Waals surface area contributed by atoms with Crippen molar-refractivity contribution >= 4 is 39.0 Å². The number of halogens is 2. The minimum atomic E-state index is -4.28. The number of hydrogen-bond acceptors (Lipinski definition) is 6. The van der Waals surface area contributed by atoms with Gasteiger partial charge in [0, 0.05) is 16.5 Å². The largest absolute Gasteiger partial charge is 0.434 e. The Bertz CT molecular complexity index is 1310. The van der Waals surface area contributed by atoms with Crippen molar-refractivity contribution in [2.75, 3.05) is 0 Å². The van der Waals surface area contributed by atoms with Crippen LogP contribution in [0.15, 0.2) is 45.6 Å². The second kappa shape index (κ2) is 9.49. The predicted molar refractivity (Wildman–Crippen MR) is 122 cm³/mol. The van der Waals surface area contributed by atoms with Gasteiger partial charge in [0.15, 0.2) is 0 Å². The summed E-state index contributed by atoms with van der Waals surface area (Å²) in [7, 11) is -4.28. The van der Waals surface area contributed by atoms with E-state index in [0.29, 0.717) is 16.1 Å². The highest BCUT2D eigenvalue weighted by atomic mass is 35.5. The Morgan fingerprint density at radius 2 is 1.88 bits per heavy atom. The van der Waals surface area contributed by atoms with Gasteiger partial charge in [-0.05, 0) is 48.7 Å². The van der Waals surface area contributed by atoms with Crippen LogP contribution in [0.3, 0.4) is 0 Å². The number of thiocarbonyl (C=S) groups is 1. The molecular formula is C20H20ClFN4O4S2. The van der Waals surface area contributed by atoms with Gasteiger partial charge < -0.3 is 4.42 Å². The average Bonchev–Trinajstić information content (AvgIpc) is 3.15. The molecule has 0 bridgehead atoms. The van der Waals surface area contributed by atoms with Gasteiger partial charge in [-0.1, -0.05) is 48.9 Å².